The van der Waals surface area contributed by atoms with E-state index in [1.807, 2.05) is 0 Å². The summed E-state index contributed by atoms with van der Waals surface area (Å²) in [6, 6.07) is 0. The molecular formula is C3H8N2O6S2. The Bertz CT molecular complexity index is 311. The number of carbonyl (C=O) groups excluding carboxylic acids is 1. The van der Waals surface area contributed by atoms with Crippen LogP contribution in [0.15, 0.2) is 0 Å². The minimum Gasteiger partial charge on any atom is -0.356 e. The fourth-order valence-corrected chi connectivity index (χ4v) is 1.63. The minimum atomic E-state index is -4.26. The van der Waals surface area contributed by atoms with E-state index >= 15 is 0 Å². The van der Waals surface area contributed by atoms with E-state index in [9.17, 15) is 21.6 Å². The molecule has 1 amide bonds. The van der Waals surface area contributed by atoms with E-state index in [-0.39, 0.29) is 13.2 Å². The highest BCUT2D eigenvalue weighted by atomic mass is 32.3. The van der Waals surface area contributed by atoms with Crippen LogP contribution >= 0.6 is 0 Å². The van der Waals surface area contributed by atoms with E-state index in [1.54, 1.807) is 0 Å². The van der Waals surface area contributed by atoms with Gasteiger partial charge in [0.2, 0.25) is 17.3 Å². The second kappa shape index (κ2) is 5.85. The Morgan fingerprint density at radius 3 is 2.46 bits per heavy atom. The maximum atomic E-state index is 10.6. The summed E-state index contributed by atoms with van der Waals surface area (Å²) in [4.78, 5) is 9.68. The fraction of sp³-hybridized carbons (Fsp3) is 0.667. The van der Waals surface area contributed by atoms with Crippen molar-refractivity contribution in [1.29, 1.82) is 0 Å². The van der Waals surface area contributed by atoms with Crippen LogP contribution in [0, 0.1) is 0 Å². The standard InChI is InChI=1S/C3H8N2O6S2/c6-3-4-1-2-11-13(9,10)5-12(7)8/h3,12H,1-2H2,(H,4,6)(H,5,7,8). The molecule has 0 aliphatic heterocycles. The molecule has 0 spiro atoms. The van der Waals surface area contributed by atoms with Gasteiger partial charge in [-0.2, -0.15) is 8.42 Å². The lowest BCUT2D eigenvalue weighted by Crippen LogP contribution is -2.27. The van der Waals surface area contributed by atoms with Gasteiger partial charge in [0.05, 0.1) is 6.61 Å². The van der Waals surface area contributed by atoms with Gasteiger partial charge in [-0.25, -0.2) is 8.42 Å². The Morgan fingerprint density at radius 1 is 1.38 bits per heavy atom. The van der Waals surface area contributed by atoms with Crippen LogP contribution in [0.2, 0.25) is 0 Å². The highest BCUT2D eigenvalue weighted by molar-refractivity contribution is 7.94. The van der Waals surface area contributed by atoms with Gasteiger partial charge in [-0.3, -0.25) is 8.98 Å². The van der Waals surface area contributed by atoms with Crippen molar-refractivity contribution in [2.24, 2.45) is 0 Å². The molecule has 8 nitrogen and oxygen atoms in total. The molecule has 13 heavy (non-hydrogen) atoms. The zero-order valence-corrected chi connectivity index (χ0v) is 8.01. The van der Waals surface area contributed by atoms with Crippen molar-refractivity contribution in [3.8, 4) is 0 Å². The maximum absolute atomic E-state index is 10.6. The lowest BCUT2D eigenvalue weighted by molar-refractivity contribution is -0.109. The fourth-order valence-electron chi connectivity index (χ4n) is 0.387. The molecule has 78 valence electrons. The molecule has 2 N–H and O–H groups in total. The van der Waals surface area contributed by atoms with Crippen molar-refractivity contribution < 1.29 is 25.8 Å². The summed E-state index contributed by atoms with van der Waals surface area (Å²) in [5, 5.41) is 2.13. The van der Waals surface area contributed by atoms with Crippen LogP contribution in [-0.2, 0) is 30.2 Å². The van der Waals surface area contributed by atoms with Crippen LogP contribution in [0.4, 0.5) is 0 Å². The second-order valence-electron chi connectivity index (χ2n) is 1.70. The predicted octanol–water partition coefficient (Wildman–Crippen LogP) is -2.89. The molecule has 0 saturated heterocycles. The number of hydrogen-bond donors (Lipinski definition) is 3. The summed E-state index contributed by atoms with van der Waals surface area (Å²) in [6.45, 7) is -0.364. The monoisotopic (exact) mass is 232 g/mol. The molecule has 0 aliphatic carbocycles. The predicted molar refractivity (Wildman–Crippen MR) is 42.4 cm³/mol. The summed E-state index contributed by atoms with van der Waals surface area (Å²) < 4.78 is 46.2. The van der Waals surface area contributed by atoms with Gasteiger partial charge in [0.1, 0.15) is 0 Å². The smallest absolute Gasteiger partial charge is 0.348 e. The van der Waals surface area contributed by atoms with Gasteiger partial charge in [-0.05, 0) is 0 Å². The highest BCUT2D eigenvalue weighted by Crippen LogP contribution is 1.85. The van der Waals surface area contributed by atoms with Crippen LogP contribution in [-0.4, -0.2) is 36.4 Å². The molecule has 0 aliphatic rings. The Morgan fingerprint density at radius 2 is 2.00 bits per heavy atom. The van der Waals surface area contributed by atoms with Gasteiger partial charge in [0, 0.05) is 6.54 Å². The number of hydrogen-bond acceptors (Lipinski definition) is 6. The van der Waals surface area contributed by atoms with Gasteiger partial charge in [0.25, 0.3) is 0 Å². The Balaban J connectivity index is 3.83. The quantitative estimate of drug-likeness (QED) is 0.246. The summed E-state index contributed by atoms with van der Waals surface area (Å²) >= 11 is 0. The van der Waals surface area contributed by atoms with E-state index in [4.69, 9.17) is 0 Å². The largest absolute Gasteiger partial charge is 0.356 e. The molecule has 10 heteroatoms. The molecule has 0 bridgehead atoms. The van der Waals surface area contributed by atoms with Crippen molar-refractivity contribution in [3.05, 3.63) is 0 Å². The molecule has 0 unspecified atom stereocenters. The number of nitrogens with one attached hydrogen (secondary N) is 2. The van der Waals surface area contributed by atoms with E-state index in [2.05, 4.69) is 9.50 Å². The topological polar surface area (TPSA) is 119 Å². The molecular weight excluding hydrogens is 224 g/mol. The van der Waals surface area contributed by atoms with Crippen LogP contribution in [0.5, 0.6) is 0 Å². The lowest BCUT2D eigenvalue weighted by atomic mass is 10.7. The van der Waals surface area contributed by atoms with Crippen molar-refractivity contribution in [3.63, 3.8) is 0 Å². The molecule has 0 radical (unpaired) electrons. The first-order valence-corrected chi connectivity index (χ1v) is 5.55. The maximum Gasteiger partial charge on any atom is 0.348 e. The first kappa shape index (κ1) is 12.3. The first-order chi connectivity index (χ1) is 5.98. The average molecular weight is 232 g/mol. The molecule has 0 rings (SSSR count). The summed E-state index contributed by atoms with van der Waals surface area (Å²) in [5.74, 6) is 0. The molecule has 0 aromatic carbocycles. The van der Waals surface area contributed by atoms with E-state index in [0.717, 1.165) is 0 Å². The summed E-state index contributed by atoms with van der Waals surface area (Å²) in [6.07, 6.45) is 0.359. The third kappa shape index (κ3) is 7.64. The van der Waals surface area contributed by atoms with Gasteiger partial charge < -0.3 is 5.32 Å². The molecule has 0 heterocycles. The molecule has 0 aromatic heterocycles. The third-order valence-corrected chi connectivity index (χ3v) is 2.72. The Hall–Kier alpha value is -0.710. The van der Waals surface area contributed by atoms with Crippen LogP contribution < -0.4 is 9.44 Å². The van der Waals surface area contributed by atoms with Crippen LogP contribution in [0.1, 0.15) is 0 Å². The normalized spacial score (nSPS) is 11.5. The number of rotatable bonds is 7. The first-order valence-electron chi connectivity index (χ1n) is 2.96. The highest BCUT2D eigenvalue weighted by Gasteiger charge is 2.09. The zero-order valence-electron chi connectivity index (χ0n) is 6.30. The number of carbonyl (C=O) groups is 1. The van der Waals surface area contributed by atoms with E-state index < -0.39 is 21.2 Å². The SMILES string of the molecule is O=CNCCOS(=O)(=O)N[SH](=O)=O. The number of thiol groups is 1. The van der Waals surface area contributed by atoms with Gasteiger partial charge >= 0.3 is 10.3 Å². The second-order valence-corrected chi connectivity index (χ2v) is 4.08. The van der Waals surface area contributed by atoms with Gasteiger partial charge in [-0.1, -0.05) is 4.13 Å². The van der Waals surface area contributed by atoms with E-state index in [1.165, 1.54) is 4.13 Å². The van der Waals surface area contributed by atoms with Crippen LogP contribution in [0.25, 0.3) is 0 Å². The number of amides is 1. The van der Waals surface area contributed by atoms with Crippen molar-refractivity contribution in [2.45, 2.75) is 0 Å². The van der Waals surface area contributed by atoms with Crippen molar-refractivity contribution in [2.75, 3.05) is 13.2 Å². The van der Waals surface area contributed by atoms with E-state index in [0.29, 0.717) is 6.41 Å². The zero-order chi connectivity index (χ0) is 10.3. The van der Waals surface area contributed by atoms with Crippen LogP contribution in [0.3, 0.4) is 0 Å². The van der Waals surface area contributed by atoms with Crippen molar-refractivity contribution >= 4 is 27.6 Å². The summed E-state index contributed by atoms with van der Waals surface area (Å²) in [7, 11) is -7.53. The minimum absolute atomic E-state index is 0.0277. The Kier molecular flexibility index (Phi) is 5.53. The molecule has 0 atom stereocenters. The third-order valence-electron chi connectivity index (χ3n) is 0.755. The summed E-state index contributed by atoms with van der Waals surface area (Å²) in [5.41, 5.74) is 0. The van der Waals surface area contributed by atoms with Gasteiger partial charge in [-0.15, -0.1) is 0 Å². The average Bonchev–Trinajstić information content (AvgIpc) is 1.95. The van der Waals surface area contributed by atoms with Crippen molar-refractivity contribution in [1.82, 2.24) is 9.44 Å². The molecule has 0 saturated carbocycles. The molecule has 0 aromatic rings. The Labute approximate surface area is 76.6 Å². The molecule has 0 fully saturated rings. The lowest BCUT2D eigenvalue weighted by Gasteiger charge is -2.01. The van der Waals surface area contributed by atoms with Gasteiger partial charge in [0.15, 0.2) is 0 Å².